The van der Waals surface area contributed by atoms with Crippen LogP contribution in [0.1, 0.15) is 29.5 Å². The van der Waals surface area contributed by atoms with Gasteiger partial charge in [0.05, 0.1) is 5.56 Å². The van der Waals surface area contributed by atoms with Gasteiger partial charge in [-0.1, -0.05) is 6.08 Å². The summed E-state index contributed by atoms with van der Waals surface area (Å²) in [4.78, 5) is 38.2. The van der Waals surface area contributed by atoms with Crippen molar-refractivity contribution in [2.24, 2.45) is 4.99 Å². The zero-order valence-electron chi connectivity index (χ0n) is 19.1. The number of carbonyl (C=O) groups is 2. The zero-order chi connectivity index (χ0) is 25.0. The summed E-state index contributed by atoms with van der Waals surface area (Å²) in [6, 6.07) is 3.41. The van der Waals surface area contributed by atoms with E-state index in [0.717, 1.165) is 30.7 Å². The fourth-order valence-electron chi connectivity index (χ4n) is 3.99. The molecule has 9 nitrogen and oxygen atoms in total. The maximum Gasteiger partial charge on any atom is 0.416 e. The molecule has 1 saturated heterocycles. The van der Waals surface area contributed by atoms with Crippen molar-refractivity contribution in [1.82, 2.24) is 19.4 Å². The van der Waals surface area contributed by atoms with E-state index in [0.29, 0.717) is 32.7 Å². The van der Waals surface area contributed by atoms with E-state index < -0.39 is 17.8 Å². The number of alkyl halides is 3. The number of benzene rings is 1. The van der Waals surface area contributed by atoms with Crippen LogP contribution in [0.5, 0.6) is 0 Å². The Kier molecular flexibility index (Phi) is 7.20. The van der Waals surface area contributed by atoms with E-state index >= 15 is 0 Å². The van der Waals surface area contributed by atoms with Crippen LogP contribution in [-0.4, -0.2) is 69.8 Å². The lowest BCUT2D eigenvalue weighted by Gasteiger charge is -2.37. The minimum atomic E-state index is -4.45. The van der Waals surface area contributed by atoms with Crippen LogP contribution >= 0.6 is 0 Å². The Morgan fingerprint density at radius 3 is 2.40 bits per heavy atom. The van der Waals surface area contributed by atoms with Crippen LogP contribution in [0.15, 0.2) is 47.6 Å². The van der Waals surface area contributed by atoms with E-state index in [1.54, 1.807) is 21.9 Å². The molecule has 0 aliphatic carbocycles. The van der Waals surface area contributed by atoms with Crippen molar-refractivity contribution in [1.29, 1.82) is 0 Å². The number of urea groups is 1. The molecule has 3 amide bonds. The Morgan fingerprint density at radius 1 is 1.09 bits per heavy atom. The predicted octanol–water partition coefficient (Wildman–Crippen LogP) is 3.68. The molecule has 1 unspecified atom stereocenters. The van der Waals surface area contributed by atoms with Crippen LogP contribution in [0.4, 0.5) is 29.5 Å². The van der Waals surface area contributed by atoms with Crippen LogP contribution in [0, 0.1) is 0 Å². The number of nitrogens with one attached hydrogen (secondary N) is 2. The van der Waals surface area contributed by atoms with Gasteiger partial charge >= 0.3 is 12.2 Å². The number of hydrogen-bond acceptors (Lipinski definition) is 5. The fraction of sp³-hybridized carbons (Fsp3) is 0.391. The average molecular weight is 490 g/mol. The van der Waals surface area contributed by atoms with E-state index in [4.69, 9.17) is 0 Å². The molecule has 0 bridgehead atoms. The number of aromatic nitrogens is 2. The Hall–Kier alpha value is -3.67. The maximum atomic E-state index is 13.1. The number of amides is 3. The third-order valence-electron chi connectivity index (χ3n) is 5.87. The average Bonchev–Trinajstić information content (AvgIpc) is 3.26. The van der Waals surface area contributed by atoms with Crippen LogP contribution in [-0.2, 0) is 12.7 Å². The molecular formula is C23H26F3N7O2. The van der Waals surface area contributed by atoms with Gasteiger partial charge in [-0.25, -0.2) is 9.78 Å². The number of aliphatic imine (C=N–C) groups is 1. The van der Waals surface area contributed by atoms with E-state index in [1.165, 1.54) is 0 Å². The summed E-state index contributed by atoms with van der Waals surface area (Å²) in [5, 5.41) is 4.99. The Balaban J connectivity index is 1.35. The molecule has 35 heavy (non-hydrogen) atoms. The Labute approximate surface area is 200 Å². The predicted molar refractivity (Wildman–Crippen MR) is 125 cm³/mol. The lowest BCUT2D eigenvalue weighted by atomic mass is 10.2. The highest BCUT2D eigenvalue weighted by Gasteiger charge is 2.30. The summed E-state index contributed by atoms with van der Waals surface area (Å²) in [5.74, 6) is 0.153. The topological polar surface area (TPSA) is 94.9 Å². The van der Waals surface area contributed by atoms with Crippen LogP contribution < -0.4 is 10.6 Å². The molecular weight excluding hydrogens is 463 g/mol. The van der Waals surface area contributed by atoms with Gasteiger partial charge < -0.3 is 14.8 Å². The lowest BCUT2D eigenvalue weighted by molar-refractivity contribution is -0.137. The minimum Gasteiger partial charge on any atom is -0.333 e. The number of halogens is 3. The number of piperazine rings is 1. The molecule has 0 saturated carbocycles. The number of dihydropyridines is 1. The maximum absolute atomic E-state index is 13.1. The van der Waals surface area contributed by atoms with Crippen molar-refractivity contribution in [3.05, 3.63) is 54.0 Å². The highest BCUT2D eigenvalue weighted by molar-refractivity contribution is 5.99. The summed E-state index contributed by atoms with van der Waals surface area (Å²) in [5.41, 5.74) is -0.616. The summed E-state index contributed by atoms with van der Waals surface area (Å²) < 4.78 is 39.7. The lowest BCUT2D eigenvalue weighted by Crippen LogP contribution is -2.52. The van der Waals surface area contributed by atoms with Gasteiger partial charge in [-0.2, -0.15) is 13.2 Å². The highest BCUT2D eigenvalue weighted by atomic mass is 19.4. The van der Waals surface area contributed by atoms with Crippen molar-refractivity contribution in [3.63, 3.8) is 0 Å². The van der Waals surface area contributed by atoms with Gasteiger partial charge in [0.25, 0.3) is 5.91 Å². The normalized spacial score (nSPS) is 18.5. The van der Waals surface area contributed by atoms with E-state index in [1.807, 2.05) is 13.0 Å². The zero-order valence-corrected chi connectivity index (χ0v) is 19.1. The number of imidazole rings is 1. The number of carbonyl (C=O) groups excluding carboxylic acids is 2. The van der Waals surface area contributed by atoms with E-state index in [9.17, 15) is 22.8 Å². The van der Waals surface area contributed by atoms with Gasteiger partial charge in [-0.15, -0.1) is 0 Å². The highest BCUT2D eigenvalue weighted by Crippen LogP contribution is 2.29. The molecule has 2 aromatic rings. The molecule has 2 aliphatic rings. The molecule has 1 atom stereocenters. The van der Waals surface area contributed by atoms with Crippen molar-refractivity contribution >= 4 is 29.7 Å². The fourth-order valence-corrected chi connectivity index (χ4v) is 3.99. The third kappa shape index (κ3) is 5.88. The summed E-state index contributed by atoms with van der Waals surface area (Å²) in [6.07, 6.45) is 3.86. The largest absolute Gasteiger partial charge is 0.416 e. The smallest absolute Gasteiger partial charge is 0.333 e. The number of nitrogens with zero attached hydrogens (tertiary/aromatic N) is 5. The molecule has 12 heteroatoms. The van der Waals surface area contributed by atoms with Crippen LogP contribution in [0.2, 0.25) is 0 Å². The van der Waals surface area contributed by atoms with E-state index in [-0.39, 0.29) is 29.4 Å². The molecule has 1 aromatic heterocycles. The monoisotopic (exact) mass is 489 g/mol. The van der Waals surface area contributed by atoms with Gasteiger partial charge in [0.1, 0.15) is 6.17 Å². The molecule has 2 N–H and O–H groups in total. The van der Waals surface area contributed by atoms with Gasteiger partial charge in [-0.3, -0.25) is 20.0 Å². The number of rotatable bonds is 5. The Bertz CT molecular complexity index is 1120. The van der Waals surface area contributed by atoms with Crippen LogP contribution in [0.25, 0.3) is 0 Å². The second-order valence-electron chi connectivity index (χ2n) is 8.16. The van der Waals surface area contributed by atoms with Crippen molar-refractivity contribution in [2.45, 2.75) is 32.2 Å². The second kappa shape index (κ2) is 10.3. The molecule has 4 rings (SSSR count). The van der Waals surface area contributed by atoms with Crippen molar-refractivity contribution in [2.75, 3.05) is 36.8 Å². The standard InChI is InChI=1S/C23H26F3N7O2/c1-2-31-15-18(30-22(35)28-17-8-6-16(7-9-17)23(24,25)26)29-20(31)21(34)33-13-11-32(12-14-33)19-5-3-4-10-27-19/h3-4,6-10,15,19H,2,5,11-14H2,1H3,(H2,28,30,35). The Morgan fingerprint density at radius 2 is 1.80 bits per heavy atom. The first kappa shape index (κ1) is 24.5. The first-order chi connectivity index (χ1) is 16.7. The van der Waals surface area contributed by atoms with Gasteiger partial charge in [-0.05, 0) is 37.3 Å². The van der Waals surface area contributed by atoms with Gasteiger partial charge in [0, 0.05) is 57.2 Å². The number of hydrogen-bond donors (Lipinski definition) is 2. The van der Waals surface area contributed by atoms with Crippen molar-refractivity contribution in [3.8, 4) is 0 Å². The molecule has 1 aromatic carbocycles. The quantitative estimate of drug-likeness (QED) is 0.670. The third-order valence-corrected chi connectivity index (χ3v) is 5.87. The van der Waals surface area contributed by atoms with E-state index in [2.05, 4.69) is 31.6 Å². The number of allylic oxidation sites excluding steroid dienone is 1. The number of anilines is 2. The summed E-state index contributed by atoms with van der Waals surface area (Å²) in [6.45, 7) is 4.82. The molecule has 3 heterocycles. The molecule has 0 spiro atoms. The van der Waals surface area contributed by atoms with Gasteiger partial charge in [0.15, 0.2) is 5.82 Å². The minimum absolute atomic E-state index is 0.105. The summed E-state index contributed by atoms with van der Waals surface area (Å²) >= 11 is 0. The second-order valence-corrected chi connectivity index (χ2v) is 8.16. The summed E-state index contributed by atoms with van der Waals surface area (Å²) in [7, 11) is 0. The molecule has 0 radical (unpaired) electrons. The van der Waals surface area contributed by atoms with Crippen LogP contribution in [0.3, 0.4) is 0 Å². The first-order valence-corrected chi connectivity index (χ1v) is 11.3. The molecule has 1 fully saturated rings. The first-order valence-electron chi connectivity index (χ1n) is 11.3. The SMILES string of the molecule is CCn1cc(NC(=O)Nc2ccc(C(F)(F)F)cc2)nc1C(=O)N1CCN(C2CC=CC=N2)CC1. The van der Waals surface area contributed by atoms with Crippen molar-refractivity contribution < 1.29 is 22.8 Å². The molecule has 186 valence electrons. The van der Waals surface area contributed by atoms with Gasteiger partial charge in [0.2, 0.25) is 5.82 Å². The molecule has 2 aliphatic heterocycles. The number of aryl methyl sites for hydroxylation is 1.